The summed E-state index contributed by atoms with van der Waals surface area (Å²) < 4.78 is 31.0. The maximum atomic E-state index is 12.7. The van der Waals surface area contributed by atoms with Gasteiger partial charge in [-0.3, -0.25) is 4.18 Å². The first kappa shape index (κ1) is 19.0. The van der Waals surface area contributed by atoms with Crippen LogP contribution in [0.25, 0.3) is 0 Å². The minimum atomic E-state index is -3.83. The fourth-order valence-electron chi connectivity index (χ4n) is 2.37. The smallest absolute Gasteiger partial charge is 0.258 e. The molecule has 1 unspecified atom stereocenters. The molecule has 2 rings (SSSR count). The summed E-state index contributed by atoms with van der Waals surface area (Å²) in [6, 6.07) is 14.6. The van der Waals surface area contributed by atoms with E-state index in [0.29, 0.717) is 0 Å². The molecule has 0 amide bonds. The Kier molecular flexibility index (Phi) is 5.78. The van der Waals surface area contributed by atoms with Crippen molar-refractivity contribution in [1.82, 2.24) is 0 Å². The quantitative estimate of drug-likeness (QED) is 0.539. The van der Waals surface area contributed by atoms with Crippen molar-refractivity contribution in [3.63, 3.8) is 0 Å². The zero-order valence-electron chi connectivity index (χ0n) is 14.7. The SMILES string of the molecule is CSc1ccc(C(OS(=O)(=O)c2ccc(C)cc2)C(C)(C)C)cc1. The summed E-state index contributed by atoms with van der Waals surface area (Å²) in [6.07, 6.45) is 1.45. The second-order valence-electron chi connectivity index (χ2n) is 6.88. The fraction of sp³-hybridized carbons (Fsp3) is 0.368. The van der Waals surface area contributed by atoms with Gasteiger partial charge in [0.25, 0.3) is 10.1 Å². The van der Waals surface area contributed by atoms with Gasteiger partial charge < -0.3 is 0 Å². The molecule has 0 heterocycles. The average Bonchev–Trinajstić information content (AvgIpc) is 2.52. The molecule has 0 N–H and O–H groups in total. The van der Waals surface area contributed by atoms with Crippen molar-refractivity contribution < 1.29 is 12.6 Å². The highest BCUT2D eigenvalue weighted by Gasteiger charge is 2.32. The Morgan fingerprint density at radius 1 is 0.958 bits per heavy atom. The highest BCUT2D eigenvalue weighted by Crippen LogP contribution is 2.39. The maximum absolute atomic E-state index is 12.7. The van der Waals surface area contributed by atoms with E-state index in [4.69, 9.17) is 4.18 Å². The van der Waals surface area contributed by atoms with Gasteiger partial charge in [0.15, 0.2) is 0 Å². The standard InChI is InChI=1S/C19H24O3S2/c1-14-6-12-17(13-7-14)24(20,21)22-18(19(2,3)4)15-8-10-16(23-5)11-9-15/h6-13,18H,1-5H3. The predicted octanol–water partition coefficient (Wildman–Crippen LogP) is 5.21. The van der Waals surface area contributed by atoms with Crippen LogP contribution in [0.15, 0.2) is 58.3 Å². The van der Waals surface area contributed by atoms with Crippen LogP contribution in [0.1, 0.15) is 38.0 Å². The van der Waals surface area contributed by atoms with E-state index >= 15 is 0 Å². The second kappa shape index (κ2) is 7.30. The second-order valence-corrected chi connectivity index (χ2v) is 9.33. The van der Waals surface area contributed by atoms with Crippen molar-refractivity contribution in [3.8, 4) is 0 Å². The summed E-state index contributed by atoms with van der Waals surface area (Å²) in [6.45, 7) is 7.85. The van der Waals surface area contributed by atoms with E-state index < -0.39 is 16.2 Å². The Morgan fingerprint density at radius 2 is 1.50 bits per heavy atom. The fourth-order valence-corrected chi connectivity index (χ4v) is 4.01. The summed E-state index contributed by atoms with van der Waals surface area (Å²) in [7, 11) is -3.83. The van der Waals surface area contributed by atoms with E-state index in [9.17, 15) is 8.42 Å². The lowest BCUT2D eigenvalue weighted by atomic mass is 9.85. The number of aryl methyl sites for hydroxylation is 1. The van der Waals surface area contributed by atoms with Gasteiger partial charge in [0.2, 0.25) is 0 Å². The van der Waals surface area contributed by atoms with Gasteiger partial charge in [-0.1, -0.05) is 50.6 Å². The molecule has 1 atom stereocenters. The largest absolute Gasteiger partial charge is 0.297 e. The van der Waals surface area contributed by atoms with Gasteiger partial charge in [0, 0.05) is 4.90 Å². The van der Waals surface area contributed by atoms with E-state index in [1.165, 1.54) is 0 Å². The van der Waals surface area contributed by atoms with Crippen molar-refractivity contribution in [2.75, 3.05) is 6.26 Å². The molecular weight excluding hydrogens is 340 g/mol. The van der Waals surface area contributed by atoms with Gasteiger partial charge in [-0.25, -0.2) is 0 Å². The molecule has 0 aromatic heterocycles. The molecule has 2 aromatic rings. The van der Waals surface area contributed by atoms with Crippen LogP contribution in [0, 0.1) is 12.3 Å². The lowest BCUT2D eigenvalue weighted by molar-refractivity contribution is 0.0933. The molecule has 0 fully saturated rings. The van der Waals surface area contributed by atoms with Gasteiger partial charge in [-0.05, 0) is 48.4 Å². The summed E-state index contributed by atoms with van der Waals surface area (Å²) >= 11 is 1.65. The van der Waals surface area contributed by atoms with Gasteiger partial charge in [-0.15, -0.1) is 11.8 Å². The number of hydrogen-bond acceptors (Lipinski definition) is 4. The topological polar surface area (TPSA) is 43.4 Å². The molecule has 0 radical (unpaired) electrons. The van der Waals surface area contributed by atoms with Crippen molar-refractivity contribution in [3.05, 3.63) is 59.7 Å². The predicted molar refractivity (Wildman–Crippen MR) is 99.9 cm³/mol. The van der Waals surface area contributed by atoms with Crippen LogP contribution in [0.4, 0.5) is 0 Å². The third-order valence-electron chi connectivity index (χ3n) is 3.74. The average molecular weight is 365 g/mol. The third-order valence-corrected chi connectivity index (χ3v) is 5.78. The minimum absolute atomic E-state index is 0.183. The van der Waals surface area contributed by atoms with Gasteiger partial charge in [-0.2, -0.15) is 8.42 Å². The van der Waals surface area contributed by atoms with E-state index in [0.717, 1.165) is 16.0 Å². The summed E-state index contributed by atoms with van der Waals surface area (Å²) in [5.41, 5.74) is 1.50. The Labute approximate surface area is 149 Å². The van der Waals surface area contributed by atoms with Crippen LogP contribution in [0.2, 0.25) is 0 Å². The van der Waals surface area contributed by atoms with E-state index in [1.807, 2.05) is 58.2 Å². The molecule has 130 valence electrons. The lowest BCUT2D eigenvalue weighted by Crippen LogP contribution is -2.24. The van der Waals surface area contributed by atoms with Crippen molar-refractivity contribution in [1.29, 1.82) is 0 Å². The monoisotopic (exact) mass is 364 g/mol. The normalized spacial score (nSPS) is 13.7. The first-order valence-corrected chi connectivity index (χ1v) is 10.4. The van der Waals surface area contributed by atoms with Crippen molar-refractivity contribution in [2.24, 2.45) is 5.41 Å². The summed E-state index contributed by atoms with van der Waals surface area (Å²) in [5.74, 6) is 0. The van der Waals surface area contributed by atoms with Crippen LogP contribution >= 0.6 is 11.8 Å². The van der Waals surface area contributed by atoms with Crippen LogP contribution in [0.3, 0.4) is 0 Å². The molecule has 0 spiro atoms. The van der Waals surface area contributed by atoms with E-state index in [2.05, 4.69) is 0 Å². The Morgan fingerprint density at radius 3 is 1.96 bits per heavy atom. The minimum Gasteiger partial charge on any atom is -0.258 e. The molecule has 2 aromatic carbocycles. The number of thioether (sulfide) groups is 1. The molecule has 24 heavy (non-hydrogen) atoms. The zero-order chi connectivity index (χ0) is 18.0. The molecular formula is C19H24O3S2. The Bertz CT molecular complexity index is 771. The number of hydrogen-bond donors (Lipinski definition) is 0. The molecule has 3 nitrogen and oxygen atoms in total. The lowest BCUT2D eigenvalue weighted by Gasteiger charge is -2.30. The molecule has 0 aliphatic heterocycles. The van der Waals surface area contributed by atoms with E-state index in [1.54, 1.807) is 36.0 Å². The first-order chi connectivity index (χ1) is 11.1. The van der Waals surface area contributed by atoms with Crippen LogP contribution in [0.5, 0.6) is 0 Å². The molecule has 0 bridgehead atoms. The Balaban J connectivity index is 2.36. The van der Waals surface area contributed by atoms with Crippen LogP contribution in [-0.2, 0) is 14.3 Å². The van der Waals surface area contributed by atoms with E-state index in [-0.39, 0.29) is 10.3 Å². The molecule has 0 saturated heterocycles. The highest BCUT2D eigenvalue weighted by atomic mass is 32.2. The van der Waals surface area contributed by atoms with Gasteiger partial charge >= 0.3 is 0 Å². The zero-order valence-corrected chi connectivity index (χ0v) is 16.4. The summed E-state index contributed by atoms with van der Waals surface area (Å²) in [5, 5.41) is 0. The maximum Gasteiger partial charge on any atom is 0.297 e. The van der Waals surface area contributed by atoms with Crippen LogP contribution < -0.4 is 0 Å². The summed E-state index contributed by atoms with van der Waals surface area (Å²) in [4.78, 5) is 1.32. The third kappa shape index (κ3) is 4.62. The van der Waals surface area contributed by atoms with Crippen molar-refractivity contribution >= 4 is 21.9 Å². The molecule has 5 heteroatoms. The van der Waals surface area contributed by atoms with Gasteiger partial charge in [0.05, 0.1) is 4.90 Å². The van der Waals surface area contributed by atoms with Crippen LogP contribution in [-0.4, -0.2) is 14.7 Å². The number of rotatable bonds is 5. The molecule has 0 saturated carbocycles. The van der Waals surface area contributed by atoms with Crippen molar-refractivity contribution in [2.45, 2.75) is 43.6 Å². The molecule has 0 aliphatic rings. The first-order valence-electron chi connectivity index (χ1n) is 7.77. The van der Waals surface area contributed by atoms with Gasteiger partial charge in [0.1, 0.15) is 6.10 Å². The molecule has 0 aliphatic carbocycles. The highest BCUT2D eigenvalue weighted by molar-refractivity contribution is 7.98. The number of benzene rings is 2. The Hall–Kier alpha value is -1.30.